The van der Waals surface area contributed by atoms with Crippen molar-refractivity contribution in [1.82, 2.24) is 15.3 Å². The highest BCUT2D eigenvalue weighted by Crippen LogP contribution is 2.33. The van der Waals surface area contributed by atoms with E-state index in [1.54, 1.807) is 25.3 Å². The normalized spacial score (nSPS) is 13.5. The molecule has 0 spiro atoms. The number of aromatic nitrogens is 2. The van der Waals surface area contributed by atoms with Gasteiger partial charge >= 0.3 is 6.03 Å². The first-order valence-corrected chi connectivity index (χ1v) is 11.6. The van der Waals surface area contributed by atoms with Gasteiger partial charge in [-0.1, -0.05) is 0 Å². The van der Waals surface area contributed by atoms with Crippen molar-refractivity contribution in [3.63, 3.8) is 0 Å². The molecule has 2 aromatic heterocycles. The maximum atomic E-state index is 14.6. The third kappa shape index (κ3) is 6.09. The number of nitrogens with one attached hydrogen (secondary N) is 3. The first-order valence-electron chi connectivity index (χ1n) is 11.6. The molecule has 4 rings (SSSR count). The van der Waals surface area contributed by atoms with Crippen molar-refractivity contribution in [1.29, 1.82) is 0 Å². The van der Waals surface area contributed by atoms with Crippen LogP contribution in [0, 0.1) is 25.6 Å². The van der Waals surface area contributed by atoms with Gasteiger partial charge in [-0.25, -0.2) is 18.6 Å². The number of aryl methyl sites for hydroxylation is 2. The molecule has 1 aromatic carbocycles. The van der Waals surface area contributed by atoms with Gasteiger partial charge in [-0.2, -0.15) is 0 Å². The first-order chi connectivity index (χ1) is 16.5. The van der Waals surface area contributed by atoms with Crippen molar-refractivity contribution in [2.45, 2.75) is 52.6 Å². The van der Waals surface area contributed by atoms with Crippen LogP contribution in [0.25, 0.3) is 22.0 Å². The minimum absolute atomic E-state index is 0.0124. The highest BCUT2D eigenvalue weighted by atomic mass is 19.1. The van der Waals surface area contributed by atoms with E-state index >= 15 is 0 Å². The van der Waals surface area contributed by atoms with Crippen molar-refractivity contribution in [2.75, 3.05) is 17.2 Å². The molecule has 35 heavy (non-hydrogen) atoms. The molecule has 1 fully saturated rings. The number of anilines is 2. The lowest BCUT2D eigenvalue weighted by atomic mass is 9.97. The Balaban J connectivity index is 1.57. The quantitative estimate of drug-likeness (QED) is 0.406. The molecular formula is C26H29F2N5O2. The molecule has 3 amide bonds. The number of hydrogen-bond acceptors (Lipinski definition) is 4. The van der Waals surface area contributed by atoms with Crippen LogP contribution in [0.3, 0.4) is 0 Å². The molecule has 184 valence electrons. The minimum Gasteiger partial charge on any atom is -0.338 e. The molecule has 1 saturated carbocycles. The predicted molar refractivity (Wildman–Crippen MR) is 133 cm³/mol. The standard InChI is InChI=1S/C26H29F2N5O2/c1-14-9-20(27)22(32-25(35)29-8-7-26(3,4)28)11-18(14)19-10-17-13-30-23(12-21(17)31-15(19)2)33-24(34)16-5-6-16/h9-13,16H,5-8H2,1-4H3,(H2,29,32,35)(H,30,33,34). The number of benzene rings is 1. The lowest BCUT2D eigenvalue weighted by Gasteiger charge is -2.16. The van der Waals surface area contributed by atoms with Crippen molar-refractivity contribution in [2.24, 2.45) is 5.92 Å². The maximum Gasteiger partial charge on any atom is 0.319 e. The molecule has 7 nitrogen and oxygen atoms in total. The first kappa shape index (κ1) is 24.5. The number of carbonyl (C=O) groups excluding carboxylic acids is 2. The van der Waals surface area contributed by atoms with Crippen LogP contribution in [0.2, 0.25) is 0 Å². The van der Waals surface area contributed by atoms with Crippen LogP contribution < -0.4 is 16.0 Å². The Bertz CT molecular complexity index is 1300. The highest BCUT2D eigenvalue weighted by Gasteiger charge is 2.29. The fourth-order valence-electron chi connectivity index (χ4n) is 3.78. The summed E-state index contributed by atoms with van der Waals surface area (Å²) >= 11 is 0. The second kappa shape index (κ2) is 9.56. The van der Waals surface area contributed by atoms with E-state index in [4.69, 9.17) is 0 Å². The van der Waals surface area contributed by atoms with Gasteiger partial charge in [-0.3, -0.25) is 9.78 Å². The predicted octanol–water partition coefficient (Wildman–Crippen LogP) is 5.66. The van der Waals surface area contributed by atoms with Gasteiger partial charge in [-0.05, 0) is 76.3 Å². The van der Waals surface area contributed by atoms with E-state index in [-0.39, 0.29) is 30.5 Å². The van der Waals surface area contributed by atoms with E-state index in [0.29, 0.717) is 28.2 Å². The van der Waals surface area contributed by atoms with Crippen LogP contribution in [0.1, 0.15) is 44.4 Å². The van der Waals surface area contributed by atoms with E-state index in [9.17, 15) is 18.4 Å². The Morgan fingerprint density at radius 3 is 2.51 bits per heavy atom. The third-order valence-corrected chi connectivity index (χ3v) is 5.95. The summed E-state index contributed by atoms with van der Waals surface area (Å²) in [6, 6.07) is 5.95. The number of amides is 3. The number of hydrogen-bond donors (Lipinski definition) is 3. The van der Waals surface area contributed by atoms with Gasteiger partial charge in [0.15, 0.2) is 0 Å². The van der Waals surface area contributed by atoms with E-state index in [0.717, 1.165) is 23.8 Å². The second-order valence-electron chi connectivity index (χ2n) is 9.64. The SMILES string of the molecule is Cc1cc(F)c(NC(=O)NCCC(C)(C)F)cc1-c1cc2cnc(NC(=O)C3CC3)cc2nc1C. The smallest absolute Gasteiger partial charge is 0.319 e. The number of alkyl halides is 1. The Labute approximate surface area is 202 Å². The molecule has 0 aliphatic heterocycles. The summed E-state index contributed by atoms with van der Waals surface area (Å²) in [5.74, 6) is -0.0620. The molecule has 0 saturated heterocycles. The van der Waals surface area contributed by atoms with Crippen LogP contribution in [-0.2, 0) is 4.79 Å². The van der Waals surface area contributed by atoms with Gasteiger partial charge in [0.05, 0.1) is 11.2 Å². The minimum atomic E-state index is -1.41. The van der Waals surface area contributed by atoms with Crippen LogP contribution in [-0.4, -0.2) is 34.1 Å². The number of carbonyl (C=O) groups is 2. The largest absolute Gasteiger partial charge is 0.338 e. The maximum absolute atomic E-state index is 14.6. The second-order valence-corrected chi connectivity index (χ2v) is 9.64. The summed E-state index contributed by atoms with van der Waals surface area (Å²) in [6.45, 7) is 6.61. The number of rotatable bonds is 7. The Kier molecular flexibility index (Phi) is 6.69. The molecule has 9 heteroatoms. The van der Waals surface area contributed by atoms with E-state index < -0.39 is 17.5 Å². The zero-order valence-electron chi connectivity index (χ0n) is 20.3. The number of fused-ring (bicyclic) bond motifs is 1. The fraction of sp³-hybridized carbons (Fsp3) is 0.385. The summed E-state index contributed by atoms with van der Waals surface area (Å²) in [5.41, 5.74) is 2.16. The van der Waals surface area contributed by atoms with Crippen LogP contribution in [0.15, 0.2) is 30.5 Å². The Morgan fingerprint density at radius 1 is 1.09 bits per heavy atom. The van der Waals surface area contributed by atoms with Gasteiger partial charge in [0, 0.05) is 41.4 Å². The van der Waals surface area contributed by atoms with Gasteiger partial charge in [-0.15, -0.1) is 0 Å². The molecule has 1 aliphatic carbocycles. The van der Waals surface area contributed by atoms with Gasteiger partial charge in [0.2, 0.25) is 5.91 Å². The Morgan fingerprint density at radius 2 is 1.83 bits per heavy atom. The van der Waals surface area contributed by atoms with E-state index in [2.05, 4.69) is 25.9 Å². The molecule has 0 unspecified atom stereocenters. The van der Waals surface area contributed by atoms with Gasteiger partial charge in [0.25, 0.3) is 0 Å². The van der Waals surface area contributed by atoms with Crippen LogP contribution in [0.4, 0.5) is 25.1 Å². The Hall–Kier alpha value is -3.62. The molecule has 1 aliphatic rings. The third-order valence-electron chi connectivity index (χ3n) is 5.95. The zero-order valence-corrected chi connectivity index (χ0v) is 20.3. The van der Waals surface area contributed by atoms with Gasteiger partial charge < -0.3 is 16.0 Å². The number of halogens is 2. The van der Waals surface area contributed by atoms with Crippen molar-refractivity contribution in [3.8, 4) is 11.1 Å². The number of urea groups is 1. The molecule has 0 atom stereocenters. The average Bonchev–Trinajstić information content (AvgIpc) is 3.60. The topological polar surface area (TPSA) is 96.0 Å². The summed E-state index contributed by atoms with van der Waals surface area (Å²) in [6.07, 6.45) is 3.60. The van der Waals surface area contributed by atoms with Gasteiger partial charge in [0.1, 0.15) is 17.3 Å². The molecule has 0 radical (unpaired) electrons. The monoisotopic (exact) mass is 481 g/mol. The molecule has 3 aromatic rings. The molecule has 3 N–H and O–H groups in total. The van der Waals surface area contributed by atoms with E-state index in [1.807, 2.05) is 13.0 Å². The lowest BCUT2D eigenvalue weighted by Crippen LogP contribution is -2.32. The zero-order chi connectivity index (χ0) is 25.3. The summed E-state index contributed by atoms with van der Waals surface area (Å²) < 4.78 is 28.2. The molecule has 2 heterocycles. The molecule has 0 bridgehead atoms. The van der Waals surface area contributed by atoms with Crippen LogP contribution >= 0.6 is 0 Å². The summed E-state index contributed by atoms with van der Waals surface area (Å²) in [5, 5.41) is 8.65. The highest BCUT2D eigenvalue weighted by molar-refractivity contribution is 5.95. The van der Waals surface area contributed by atoms with Crippen LogP contribution in [0.5, 0.6) is 0 Å². The summed E-state index contributed by atoms with van der Waals surface area (Å²) in [4.78, 5) is 33.3. The van der Waals surface area contributed by atoms with Crippen molar-refractivity contribution >= 4 is 34.3 Å². The van der Waals surface area contributed by atoms with Crippen molar-refractivity contribution < 1.29 is 18.4 Å². The van der Waals surface area contributed by atoms with E-state index in [1.165, 1.54) is 19.9 Å². The number of nitrogens with zero attached hydrogens (tertiary/aromatic N) is 2. The molecular weight excluding hydrogens is 452 g/mol. The lowest BCUT2D eigenvalue weighted by molar-refractivity contribution is -0.117. The average molecular weight is 482 g/mol. The number of pyridine rings is 2. The fourth-order valence-corrected chi connectivity index (χ4v) is 3.78. The van der Waals surface area contributed by atoms with Crippen molar-refractivity contribution in [3.05, 3.63) is 47.5 Å². The summed E-state index contributed by atoms with van der Waals surface area (Å²) in [7, 11) is 0.